The Balaban J connectivity index is 2.94. The van der Waals surface area contributed by atoms with E-state index in [1.807, 2.05) is 0 Å². The second-order valence-electron chi connectivity index (χ2n) is 5.31. The summed E-state index contributed by atoms with van der Waals surface area (Å²) in [4.78, 5) is 34.4. The van der Waals surface area contributed by atoms with E-state index in [2.05, 4.69) is 16.6 Å². The van der Waals surface area contributed by atoms with Gasteiger partial charge in [-0.05, 0) is 44.2 Å². The van der Waals surface area contributed by atoms with Gasteiger partial charge in [0.15, 0.2) is 0 Å². The van der Waals surface area contributed by atoms with Crippen LogP contribution in [0.5, 0.6) is 0 Å². The molecule has 1 atom stereocenters. The van der Waals surface area contributed by atoms with Gasteiger partial charge in [-0.1, -0.05) is 6.58 Å². The highest BCUT2D eigenvalue weighted by Gasteiger charge is 2.41. The van der Waals surface area contributed by atoms with Crippen molar-refractivity contribution in [3.05, 3.63) is 36.9 Å². The van der Waals surface area contributed by atoms with E-state index in [9.17, 15) is 22.8 Å². The van der Waals surface area contributed by atoms with Gasteiger partial charge in [0.25, 0.3) is 10.1 Å². The molecule has 1 unspecified atom stereocenters. The van der Waals surface area contributed by atoms with Crippen LogP contribution in [0.15, 0.2) is 41.8 Å². The van der Waals surface area contributed by atoms with Crippen LogP contribution >= 0.6 is 0 Å². The third-order valence-corrected chi connectivity index (χ3v) is 4.79. The Morgan fingerprint density at radius 2 is 1.80 bits per heavy atom. The van der Waals surface area contributed by atoms with Crippen LogP contribution in [-0.2, 0) is 33.4 Å². The summed E-state index contributed by atoms with van der Waals surface area (Å²) in [6, 6.07) is 5.17. The minimum absolute atomic E-state index is 0.195. The molecule has 1 aromatic carbocycles. The number of Topliss-reactive ketones (excluding diaryl/α,β-unsaturated/α-hetero) is 1. The molecular weight excluding hydrogens is 350 g/mol. The maximum absolute atomic E-state index is 12.2. The van der Waals surface area contributed by atoms with Crippen molar-refractivity contribution in [2.75, 3.05) is 19.0 Å². The van der Waals surface area contributed by atoms with Crippen LogP contribution in [0.3, 0.4) is 0 Å². The zero-order valence-corrected chi connectivity index (χ0v) is 14.9. The first-order valence-corrected chi connectivity index (χ1v) is 8.50. The smallest absolute Gasteiger partial charge is 0.321 e. The number of carbonyl (C=O) groups excluding carboxylic acids is 3. The molecule has 0 aliphatic carbocycles. The van der Waals surface area contributed by atoms with Crippen LogP contribution in [0.1, 0.15) is 13.8 Å². The molecule has 0 radical (unpaired) electrons. The summed E-state index contributed by atoms with van der Waals surface area (Å²) < 4.78 is 33.8. The Morgan fingerprint density at radius 1 is 1.24 bits per heavy atom. The van der Waals surface area contributed by atoms with Crippen molar-refractivity contribution in [3.8, 4) is 0 Å². The zero-order valence-electron chi connectivity index (χ0n) is 14.1. The lowest BCUT2D eigenvalue weighted by atomic mass is 9.88. The number of esters is 1. The number of methoxy groups -OCH3 is 1. The fourth-order valence-corrected chi connectivity index (χ4v) is 2.69. The maximum Gasteiger partial charge on any atom is 0.321 e. The van der Waals surface area contributed by atoms with Crippen molar-refractivity contribution in [1.82, 2.24) is 0 Å². The van der Waals surface area contributed by atoms with Crippen LogP contribution in [0.25, 0.3) is 0 Å². The Hall–Kier alpha value is -2.52. The van der Waals surface area contributed by atoms with Crippen molar-refractivity contribution in [2.24, 2.45) is 5.41 Å². The van der Waals surface area contributed by atoms with Crippen molar-refractivity contribution in [2.45, 2.75) is 18.7 Å². The first-order chi connectivity index (χ1) is 11.6. The number of hydrogen-bond acceptors (Lipinski definition) is 7. The van der Waals surface area contributed by atoms with E-state index in [0.717, 1.165) is 20.1 Å². The summed E-state index contributed by atoms with van der Waals surface area (Å²) in [7, 11) is -3.12. The van der Waals surface area contributed by atoms with E-state index >= 15 is 0 Å². The Kier molecular flexibility index (Phi) is 6.60. The van der Waals surface area contributed by atoms with E-state index in [1.165, 1.54) is 31.2 Å². The van der Waals surface area contributed by atoms with E-state index in [1.54, 1.807) is 0 Å². The van der Waals surface area contributed by atoms with Gasteiger partial charge in [-0.15, -0.1) is 0 Å². The quantitative estimate of drug-likeness (QED) is 0.318. The molecule has 136 valence electrons. The number of nitrogens with one attached hydrogen (secondary N) is 1. The highest BCUT2D eigenvalue weighted by atomic mass is 32.2. The lowest BCUT2D eigenvalue weighted by molar-refractivity contribution is -0.158. The summed E-state index contributed by atoms with van der Waals surface area (Å²) in [6.07, 6.45) is 1.07. The normalized spacial score (nSPS) is 13.4. The molecule has 0 saturated heterocycles. The van der Waals surface area contributed by atoms with Gasteiger partial charge in [-0.25, -0.2) is 0 Å². The van der Waals surface area contributed by atoms with E-state index in [0.29, 0.717) is 5.69 Å². The second-order valence-corrected chi connectivity index (χ2v) is 6.93. The van der Waals surface area contributed by atoms with Crippen LogP contribution in [-0.4, -0.2) is 39.8 Å². The average molecular weight is 369 g/mol. The first kappa shape index (κ1) is 20.5. The fraction of sp³-hybridized carbons (Fsp3) is 0.312. The van der Waals surface area contributed by atoms with Crippen molar-refractivity contribution in [1.29, 1.82) is 0 Å². The molecule has 0 aromatic heterocycles. The highest BCUT2D eigenvalue weighted by molar-refractivity contribution is 7.86. The van der Waals surface area contributed by atoms with Gasteiger partial charge >= 0.3 is 5.97 Å². The molecule has 0 aliphatic heterocycles. The van der Waals surface area contributed by atoms with Gasteiger partial charge in [-0.2, -0.15) is 8.42 Å². The standard InChI is InChI=1S/C16H19NO7S/c1-5-14(19)17-12-6-8-13(9-7-12)25(21,22)24-10-16(3,11(2)18)15(20)23-4/h5-9H,1,10H2,2-4H3,(H,17,19). The molecule has 0 spiro atoms. The van der Waals surface area contributed by atoms with E-state index in [-0.39, 0.29) is 4.90 Å². The summed E-state index contributed by atoms with van der Waals surface area (Å²) in [6.45, 7) is 5.00. The van der Waals surface area contributed by atoms with E-state index in [4.69, 9.17) is 4.18 Å². The van der Waals surface area contributed by atoms with Crippen molar-refractivity contribution < 1.29 is 31.7 Å². The third kappa shape index (κ3) is 4.97. The number of benzene rings is 1. The van der Waals surface area contributed by atoms with Gasteiger partial charge in [0.2, 0.25) is 5.91 Å². The topological polar surface area (TPSA) is 116 Å². The van der Waals surface area contributed by atoms with Gasteiger partial charge in [0.1, 0.15) is 11.2 Å². The summed E-state index contributed by atoms with van der Waals surface area (Å²) in [5.74, 6) is -1.92. The minimum atomic E-state index is -4.21. The molecule has 0 bridgehead atoms. The zero-order chi connectivity index (χ0) is 19.3. The molecule has 1 aromatic rings. The first-order valence-electron chi connectivity index (χ1n) is 7.09. The van der Waals surface area contributed by atoms with Gasteiger partial charge in [-0.3, -0.25) is 18.6 Å². The number of ketones is 1. The SMILES string of the molecule is C=CC(=O)Nc1ccc(S(=O)(=O)OCC(C)(C(C)=O)C(=O)OC)cc1. The van der Waals surface area contributed by atoms with Crippen molar-refractivity contribution in [3.63, 3.8) is 0 Å². The van der Waals surface area contributed by atoms with Gasteiger partial charge in [0, 0.05) is 5.69 Å². The fourth-order valence-electron chi connectivity index (χ4n) is 1.69. The molecule has 1 rings (SSSR count). The molecule has 0 heterocycles. The van der Waals surface area contributed by atoms with E-state index < -0.39 is 39.8 Å². The second kappa shape index (κ2) is 8.04. The number of hydrogen-bond donors (Lipinski definition) is 1. The molecule has 25 heavy (non-hydrogen) atoms. The number of amides is 1. The lowest BCUT2D eigenvalue weighted by Crippen LogP contribution is -2.41. The Labute approximate surface area is 145 Å². The monoisotopic (exact) mass is 369 g/mol. The summed E-state index contributed by atoms with van der Waals surface area (Å²) in [5, 5.41) is 2.47. The van der Waals surface area contributed by atoms with Gasteiger partial charge in [0.05, 0.1) is 18.6 Å². The number of anilines is 1. The highest BCUT2D eigenvalue weighted by Crippen LogP contribution is 2.24. The van der Waals surface area contributed by atoms with Crippen LogP contribution in [0.2, 0.25) is 0 Å². The van der Waals surface area contributed by atoms with Crippen LogP contribution in [0.4, 0.5) is 5.69 Å². The van der Waals surface area contributed by atoms with Crippen LogP contribution in [0, 0.1) is 5.41 Å². The summed E-state index contributed by atoms with van der Waals surface area (Å²) >= 11 is 0. The average Bonchev–Trinajstić information content (AvgIpc) is 2.59. The Morgan fingerprint density at radius 3 is 2.24 bits per heavy atom. The lowest BCUT2D eigenvalue weighted by Gasteiger charge is -2.22. The molecule has 9 heteroatoms. The van der Waals surface area contributed by atoms with Crippen molar-refractivity contribution >= 4 is 33.5 Å². The predicted molar refractivity (Wildman–Crippen MR) is 89.2 cm³/mol. The maximum atomic E-state index is 12.2. The van der Waals surface area contributed by atoms with Gasteiger partial charge < -0.3 is 10.1 Å². The Bertz CT molecular complexity index is 783. The largest absolute Gasteiger partial charge is 0.468 e. The number of rotatable bonds is 8. The molecule has 0 saturated carbocycles. The molecule has 1 N–H and O–H groups in total. The number of carbonyl (C=O) groups is 3. The molecule has 0 aliphatic rings. The molecule has 1 amide bonds. The third-order valence-electron chi connectivity index (χ3n) is 3.51. The minimum Gasteiger partial charge on any atom is -0.468 e. The predicted octanol–water partition coefficient (Wildman–Crippen LogP) is 1.28. The molecule has 0 fully saturated rings. The van der Waals surface area contributed by atoms with Crippen LogP contribution < -0.4 is 5.32 Å². The summed E-state index contributed by atoms with van der Waals surface area (Å²) in [5.41, 5.74) is -1.37. The molecule has 8 nitrogen and oxygen atoms in total. The number of ether oxygens (including phenoxy) is 1. The molecular formula is C16H19NO7S.